The maximum absolute atomic E-state index is 10.9. The molecule has 0 bridgehead atoms. The smallest absolute Gasteiger partial charge is 0.407 e. The Morgan fingerprint density at radius 2 is 2.07 bits per heavy atom. The second-order valence-electron chi connectivity index (χ2n) is 4.83. The fraction of sp³-hybridized carbons (Fsp3) is 0.900. The van der Waals surface area contributed by atoms with Gasteiger partial charge in [-0.3, -0.25) is 0 Å². The third kappa shape index (κ3) is 3.54. The van der Waals surface area contributed by atoms with Crippen molar-refractivity contribution in [3.8, 4) is 0 Å². The Kier molecular flexibility index (Phi) is 3.37. The summed E-state index contributed by atoms with van der Waals surface area (Å²) in [7, 11) is 0. The van der Waals surface area contributed by atoms with E-state index in [2.05, 4.69) is 5.32 Å². The van der Waals surface area contributed by atoms with Crippen molar-refractivity contribution in [1.29, 1.82) is 0 Å². The quantitative estimate of drug-likeness (QED) is 0.723. The van der Waals surface area contributed by atoms with Crippen molar-refractivity contribution in [2.45, 2.75) is 45.2 Å². The second-order valence-corrected chi connectivity index (χ2v) is 4.83. The van der Waals surface area contributed by atoms with Gasteiger partial charge in [-0.25, -0.2) is 4.79 Å². The summed E-state index contributed by atoms with van der Waals surface area (Å²) in [4.78, 5) is 12.4. The SMILES string of the molecule is CC(C)(C)N(CCNC1CC1)C(=O)O. The first kappa shape index (κ1) is 11.3. The van der Waals surface area contributed by atoms with Crippen molar-refractivity contribution >= 4 is 6.09 Å². The van der Waals surface area contributed by atoms with Crippen molar-refractivity contribution < 1.29 is 9.90 Å². The molecule has 0 radical (unpaired) electrons. The van der Waals surface area contributed by atoms with Crippen molar-refractivity contribution in [3.05, 3.63) is 0 Å². The molecule has 0 spiro atoms. The maximum Gasteiger partial charge on any atom is 0.407 e. The summed E-state index contributed by atoms with van der Waals surface area (Å²) in [6, 6.07) is 0.644. The van der Waals surface area contributed by atoms with Gasteiger partial charge >= 0.3 is 6.09 Å². The van der Waals surface area contributed by atoms with E-state index in [1.165, 1.54) is 17.7 Å². The fourth-order valence-corrected chi connectivity index (χ4v) is 1.39. The van der Waals surface area contributed by atoms with Crippen LogP contribution in [-0.2, 0) is 0 Å². The van der Waals surface area contributed by atoms with E-state index in [1.54, 1.807) is 0 Å². The minimum absolute atomic E-state index is 0.308. The van der Waals surface area contributed by atoms with Gasteiger partial charge in [-0.2, -0.15) is 0 Å². The molecule has 4 heteroatoms. The Bertz CT molecular complexity index is 207. The van der Waals surface area contributed by atoms with Crippen LogP contribution in [0, 0.1) is 0 Å². The van der Waals surface area contributed by atoms with Gasteiger partial charge < -0.3 is 15.3 Å². The first-order valence-electron chi connectivity index (χ1n) is 5.15. The molecule has 0 unspecified atom stereocenters. The molecule has 82 valence electrons. The minimum atomic E-state index is -0.838. The molecule has 0 atom stereocenters. The van der Waals surface area contributed by atoms with Gasteiger partial charge in [0.2, 0.25) is 0 Å². The first-order chi connectivity index (χ1) is 6.41. The van der Waals surface area contributed by atoms with E-state index in [9.17, 15) is 4.79 Å². The van der Waals surface area contributed by atoms with E-state index in [-0.39, 0.29) is 5.54 Å². The molecule has 1 rings (SSSR count). The molecule has 4 nitrogen and oxygen atoms in total. The molecule has 1 aliphatic rings. The summed E-state index contributed by atoms with van der Waals surface area (Å²) < 4.78 is 0. The highest BCUT2D eigenvalue weighted by Crippen LogP contribution is 2.18. The fourth-order valence-electron chi connectivity index (χ4n) is 1.39. The van der Waals surface area contributed by atoms with Crippen LogP contribution in [0.3, 0.4) is 0 Å². The number of nitrogens with one attached hydrogen (secondary N) is 1. The van der Waals surface area contributed by atoms with Gasteiger partial charge in [-0.05, 0) is 33.6 Å². The van der Waals surface area contributed by atoms with Gasteiger partial charge in [0.1, 0.15) is 0 Å². The molecule has 0 aliphatic heterocycles. The summed E-state index contributed by atoms with van der Waals surface area (Å²) in [5.41, 5.74) is -0.308. The molecule has 0 aromatic carbocycles. The molecule has 0 aromatic rings. The zero-order valence-electron chi connectivity index (χ0n) is 9.21. The zero-order chi connectivity index (χ0) is 10.8. The normalized spacial score (nSPS) is 16.8. The van der Waals surface area contributed by atoms with Crippen LogP contribution < -0.4 is 5.32 Å². The maximum atomic E-state index is 10.9. The van der Waals surface area contributed by atoms with E-state index in [1.807, 2.05) is 20.8 Å². The van der Waals surface area contributed by atoms with Crippen LogP contribution in [0.5, 0.6) is 0 Å². The van der Waals surface area contributed by atoms with Crippen LogP contribution in [0.4, 0.5) is 4.79 Å². The number of nitrogens with zero attached hydrogens (tertiary/aromatic N) is 1. The van der Waals surface area contributed by atoms with Gasteiger partial charge in [0.25, 0.3) is 0 Å². The molecule has 0 aromatic heterocycles. The van der Waals surface area contributed by atoms with E-state index in [0.717, 1.165) is 6.54 Å². The van der Waals surface area contributed by atoms with E-state index in [0.29, 0.717) is 12.6 Å². The van der Waals surface area contributed by atoms with Crippen molar-refractivity contribution in [3.63, 3.8) is 0 Å². The van der Waals surface area contributed by atoms with Gasteiger partial charge in [0, 0.05) is 24.7 Å². The molecule has 14 heavy (non-hydrogen) atoms. The lowest BCUT2D eigenvalue weighted by Crippen LogP contribution is -2.48. The third-order valence-electron chi connectivity index (χ3n) is 2.39. The zero-order valence-corrected chi connectivity index (χ0v) is 9.21. The monoisotopic (exact) mass is 200 g/mol. The average Bonchev–Trinajstić information content (AvgIpc) is 2.77. The Labute approximate surface area is 85.3 Å². The average molecular weight is 200 g/mol. The van der Waals surface area contributed by atoms with Crippen LogP contribution in [-0.4, -0.2) is 40.8 Å². The Hall–Kier alpha value is -0.770. The molecule has 1 aliphatic carbocycles. The van der Waals surface area contributed by atoms with E-state index < -0.39 is 6.09 Å². The van der Waals surface area contributed by atoms with Crippen LogP contribution in [0.2, 0.25) is 0 Å². The van der Waals surface area contributed by atoms with Crippen molar-refractivity contribution in [2.75, 3.05) is 13.1 Å². The lowest BCUT2D eigenvalue weighted by atomic mass is 10.1. The molecule has 1 amide bonds. The molecule has 1 fully saturated rings. The highest BCUT2D eigenvalue weighted by atomic mass is 16.4. The van der Waals surface area contributed by atoms with Gasteiger partial charge in [0.15, 0.2) is 0 Å². The predicted octanol–water partition coefficient (Wildman–Crippen LogP) is 1.52. The van der Waals surface area contributed by atoms with Gasteiger partial charge in [-0.15, -0.1) is 0 Å². The number of carboxylic acid groups (broad SMARTS) is 1. The Balaban J connectivity index is 2.30. The molecular weight excluding hydrogens is 180 g/mol. The van der Waals surface area contributed by atoms with Gasteiger partial charge in [0.05, 0.1) is 0 Å². The molecule has 0 saturated heterocycles. The summed E-state index contributed by atoms with van der Waals surface area (Å²) >= 11 is 0. The topological polar surface area (TPSA) is 52.6 Å². The lowest BCUT2D eigenvalue weighted by molar-refractivity contribution is 0.101. The largest absolute Gasteiger partial charge is 0.465 e. The lowest BCUT2D eigenvalue weighted by Gasteiger charge is -2.33. The van der Waals surface area contributed by atoms with Crippen LogP contribution in [0.25, 0.3) is 0 Å². The summed E-state index contributed by atoms with van der Waals surface area (Å²) in [6.45, 7) is 7.07. The van der Waals surface area contributed by atoms with E-state index in [4.69, 9.17) is 5.11 Å². The number of hydrogen-bond acceptors (Lipinski definition) is 2. The number of hydrogen-bond donors (Lipinski definition) is 2. The number of rotatable bonds is 4. The second kappa shape index (κ2) is 4.17. The standard InChI is InChI=1S/C10H20N2O2/c1-10(2,3)12(9(13)14)7-6-11-8-4-5-8/h8,11H,4-7H2,1-3H3,(H,13,14). The summed E-state index contributed by atoms with van der Waals surface area (Å²) in [6.07, 6.45) is 1.64. The van der Waals surface area contributed by atoms with Crippen LogP contribution in [0.15, 0.2) is 0 Å². The van der Waals surface area contributed by atoms with Crippen LogP contribution >= 0.6 is 0 Å². The molecule has 0 heterocycles. The summed E-state index contributed by atoms with van der Waals surface area (Å²) in [5.74, 6) is 0. The minimum Gasteiger partial charge on any atom is -0.465 e. The number of carbonyl (C=O) groups is 1. The highest BCUT2D eigenvalue weighted by molar-refractivity contribution is 5.65. The molecule has 1 saturated carbocycles. The third-order valence-corrected chi connectivity index (χ3v) is 2.39. The molecule has 2 N–H and O–H groups in total. The van der Waals surface area contributed by atoms with Gasteiger partial charge in [-0.1, -0.05) is 0 Å². The first-order valence-corrected chi connectivity index (χ1v) is 5.15. The molecular formula is C10H20N2O2. The Morgan fingerprint density at radius 1 is 1.50 bits per heavy atom. The highest BCUT2D eigenvalue weighted by Gasteiger charge is 2.26. The van der Waals surface area contributed by atoms with E-state index >= 15 is 0 Å². The predicted molar refractivity (Wildman–Crippen MR) is 55.5 cm³/mol. The van der Waals surface area contributed by atoms with Crippen molar-refractivity contribution in [2.24, 2.45) is 0 Å². The Morgan fingerprint density at radius 3 is 2.43 bits per heavy atom. The van der Waals surface area contributed by atoms with Crippen molar-refractivity contribution in [1.82, 2.24) is 10.2 Å². The summed E-state index contributed by atoms with van der Waals surface area (Å²) in [5, 5.41) is 12.3. The number of amides is 1. The van der Waals surface area contributed by atoms with Crippen LogP contribution in [0.1, 0.15) is 33.6 Å².